The lowest BCUT2D eigenvalue weighted by Gasteiger charge is -2.27. The molecule has 24 heavy (non-hydrogen) atoms. The van der Waals surface area contributed by atoms with Gasteiger partial charge in [-0.1, -0.05) is 39.0 Å². The number of aliphatic imine (C=N–C) groups is 1. The molecule has 134 valence electrons. The maximum atomic E-state index is 12.7. The summed E-state index contributed by atoms with van der Waals surface area (Å²) in [6.45, 7) is 7.76. The monoisotopic (exact) mass is 334 g/mol. The molecule has 6 heteroatoms. The van der Waals surface area contributed by atoms with Gasteiger partial charge in [0.15, 0.2) is 5.96 Å². The van der Waals surface area contributed by atoms with Gasteiger partial charge < -0.3 is 10.5 Å². The number of urea groups is 1. The molecule has 1 aromatic rings. The van der Waals surface area contributed by atoms with Crippen LogP contribution in [0.4, 0.5) is 10.5 Å². The first-order valence-corrected chi connectivity index (χ1v) is 8.57. The molecule has 0 aromatic heterocycles. The number of hydrogen-bond donors (Lipinski definition) is 2. The number of anilines is 1. The van der Waals surface area contributed by atoms with Crippen LogP contribution in [-0.4, -0.2) is 38.8 Å². The molecule has 0 saturated carbocycles. The smallest absolute Gasteiger partial charge is 0.328 e. The van der Waals surface area contributed by atoms with E-state index in [4.69, 9.17) is 10.5 Å². The Balaban J connectivity index is 3.06. The van der Waals surface area contributed by atoms with Crippen molar-refractivity contribution in [2.45, 2.75) is 40.0 Å². The molecule has 0 spiro atoms. The fraction of sp³-hybridized carbons (Fsp3) is 0.556. The van der Waals surface area contributed by atoms with Gasteiger partial charge in [-0.3, -0.25) is 15.2 Å². The number of hydrogen-bond acceptors (Lipinski definition) is 3. The molecule has 0 bridgehead atoms. The molecule has 0 radical (unpaired) electrons. The van der Waals surface area contributed by atoms with E-state index in [1.807, 2.05) is 6.07 Å². The number of rotatable bonds is 8. The molecule has 1 aromatic carbocycles. The second-order valence-electron chi connectivity index (χ2n) is 5.47. The number of carbonyl (C=O) groups excluding carboxylic acids is 1. The van der Waals surface area contributed by atoms with E-state index in [2.05, 4.69) is 43.2 Å². The van der Waals surface area contributed by atoms with E-state index >= 15 is 0 Å². The zero-order chi connectivity index (χ0) is 17.9. The van der Waals surface area contributed by atoms with E-state index < -0.39 is 0 Å². The van der Waals surface area contributed by atoms with E-state index in [1.165, 1.54) is 0 Å². The highest BCUT2D eigenvalue weighted by Crippen LogP contribution is 2.27. The first kappa shape index (κ1) is 20.0. The molecule has 0 aliphatic heterocycles. The Hall–Kier alpha value is -2.08. The zero-order valence-corrected chi connectivity index (χ0v) is 15.3. The molecule has 0 aliphatic carbocycles. The summed E-state index contributed by atoms with van der Waals surface area (Å²) in [5.74, 6) is 0.116. The normalized spacial score (nSPS) is 11.4. The summed E-state index contributed by atoms with van der Waals surface area (Å²) in [6, 6.07) is 5.94. The van der Waals surface area contributed by atoms with Gasteiger partial charge >= 0.3 is 6.03 Å². The van der Waals surface area contributed by atoms with Crippen molar-refractivity contribution in [3.8, 4) is 0 Å². The molecular formula is C18H30N4O2. The number of guanidine groups is 1. The predicted octanol–water partition coefficient (Wildman–Crippen LogP) is 2.70. The van der Waals surface area contributed by atoms with Crippen molar-refractivity contribution in [2.24, 2.45) is 10.7 Å². The van der Waals surface area contributed by atoms with E-state index in [-0.39, 0.29) is 12.0 Å². The number of nitrogens with zero attached hydrogens (tertiary/aromatic N) is 2. The molecule has 0 fully saturated rings. The van der Waals surface area contributed by atoms with Crippen LogP contribution in [0, 0.1) is 0 Å². The second-order valence-corrected chi connectivity index (χ2v) is 5.47. The number of ether oxygens (including phenoxy) is 1. The van der Waals surface area contributed by atoms with Gasteiger partial charge in [0.25, 0.3) is 0 Å². The zero-order valence-electron chi connectivity index (χ0n) is 15.3. The van der Waals surface area contributed by atoms with Crippen LogP contribution in [0.5, 0.6) is 0 Å². The highest BCUT2D eigenvalue weighted by molar-refractivity contribution is 6.04. The van der Waals surface area contributed by atoms with Crippen molar-refractivity contribution in [3.63, 3.8) is 0 Å². The van der Waals surface area contributed by atoms with Crippen LogP contribution >= 0.6 is 0 Å². The third-order valence-electron chi connectivity index (χ3n) is 3.74. The second kappa shape index (κ2) is 10.6. The number of aryl methyl sites for hydroxylation is 2. The predicted molar refractivity (Wildman–Crippen MR) is 99.7 cm³/mol. The Bertz CT molecular complexity index is 536. The number of benzene rings is 1. The summed E-state index contributed by atoms with van der Waals surface area (Å²) < 4.78 is 4.93. The number of carbonyl (C=O) groups is 1. The number of para-hydroxylation sites is 1. The number of methoxy groups -OCH3 is 1. The maximum absolute atomic E-state index is 12.7. The molecular weight excluding hydrogens is 304 g/mol. The van der Waals surface area contributed by atoms with E-state index in [9.17, 15) is 4.79 Å². The molecule has 3 N–H and O–H groups in total. The lowest BCUT2D eigenvalue weighted by atomic mass is 10.0. The largest absolute Gasteiger partial charge is 0.383 e. The van der Waals surface area contributed by atoms with Crippen molar-refractivity contribution < 1.29 is 9.53 Å². The molecule has 0 aliphatic rings. The summed E-state index contributed by atoms with van der Waals surface area (Å²) in [7, 11) is 1.60. The van der Waals surface area contributed by atoms with Crippen molar-refractivity contribution in [3.05, 3.63) is 29.3 Å². The third-order valence-corrected chi connectivity index (χ3v) is 3.74. The van der Waals surface area contributed by atoms with Gasteiger partial charge in [0.2, 0.25) is 0 Å². The molecule has 0 atom stereocenters. The van der Waals surface area contributed by atoms with Crippen LogP contribution in [0.25, 0.3) is 0 Å². The Kier molecular flexibility index (Phi) is 8.86. The summed E-state index contributed by atoms with van der Waals surface area (Å²) in [5.41, 5.74) is 9.12. The van der Waals surface area contributed by atoms with Gasteiger partial charge in [-0.15, -0.1) is 0 Å². The summed E-state index contributed by atoms with van der Waals surface area (Å²) in [4.78, 5) is 18.6. The first-order chi connectivity index (χ1) is 11.6. The van der Waals surface area contributed by atoms with Gasteiger partial charge in [0, 0.05) is 13.7 Å². The Morgan fingerprint density at radius 3 is 2.38 bits per heavy atom. The molecule has 0 saturated heterocycles. The minimum absolute atomic E-state index is 0.116. The molecule has 0 unspecified atom stereocenters. The number of nitrogens with two attached hydrogens (primary N) is 1. The molecule has 1 rings (SSSR count). The van der Waals surface area contributed by atoms with E-state index in [0.717, 1.165) is 36.1 Å². The van der Waals surface area contributed by atoms with Crippen LogP contribution in [0.2, 0.25) is 0 Å². The third kappa shape index (κ3) is 5.53. The summed E-state index contributed by atoms with van der Waals surface area (Å²) in [6.07, 6.45) is 2.59. The van der Waals surface area contributed by atoms with Crippen molar-refractivity contribution >= 4 is 17.7 Å². The Labute approximate surface area is 145 Å². The topological polar surface area (TPSA) is 80.0 Å². The Morgan fingerprint density at radius 1 is 1.25 bits per heavy atom. The average Bonchev–Trinajstić information content (AvgIpc) is 2.59. The number of nitrogens with one attached hydrogen (secondary N) is 1. The molecule has 2 amide bonds. The van der Waals surface area contributed by atoms with Crippen LogP contribution in [0.15, 0.2) is 23.2 Å². The SMILES string of the molecule is CCCN(C(=O)NC(N)=NCCOC)c1c(CC)cccc1CC. The van der Waals surface area contributed by atoms with E-state index in [1.54, 1.807) is 12.0 Å². The van der Waals surface area contributed by atoms with Crippen molar-refractivity contribution in [2.75, 3.05) is 31.7 Å². The van der Waals surface area contributed by atoms with Crippen LogP contribution in [0.3, 0.4) is 0 Å². The fourth-order valence-electron chi connectivity index (χ4n) is 2.57. The standard InChI is InChI=1S/C18H30N4O2/c1-5-12-22(18(23)21-17(19)20-11-13-24-4)16-14(6-2)9-8-10-15(16)7-3/h8-10H,5-7,11-13H2,1-4H3,(H3,19,20,21,23). The Morgan fingerprint density at radius 2 is 1.88 bits per heavy atom. The van der Waals surface area contributed by atoms with Crippen LogP contribution in [-0.2, 0) is 17.6 Å². The van der Waals surface area contributed by atoms with Crippen LogP contribution < -0.4 is 16.0 Å². The highest BCUT2D eigenvalue weighted by atomic mass is 16.5. The minimum atomic E-state index is -0.244. The van der Waals surface area contributed by atoms with Crippen molar-refractivity contribution in [1.29, 1.82) is 0 Å². The molecule has 0 heterocycles. The van der Waals surface area contributed by atoms with E-state index in [0.29, 0.717) is 19.7 Å². The van der Waals surface area contributed by atoms with Gasteiger partial charge in [0.1, 0.15) is 0 Å². The van der Waals surface area contributed by atoms with Crippen molar-refractivity contribution in [1.82, 2.24) is 5.32 Å². The average molecular weight is 334 g/mol. The van der Waals surface area contributed by atoms with Gasteiger partial charge in [-0.2, -0.15) is 0 Å². The van der Waals surface area contributed by atoms with Gasteiger partial charge in [-0.25, -0.2) is 4.79 Å². The summed E-state index contributed by atoms with van der Waals surface area (Å²) in [5, 5.41) is 2.68. The lowest BCUT2D eigenvalue weighted by molar-refractivity contribution is 0.208. The minimum Gasteiger partial charge on any atom is -0.383 e. The maximum Gasteiger partial charge on any atom is 0.328 e. The fourth-order valence-corrected chi connectivity index (χ4v) is 2.57. The summed E-state index contributed by atoms with van der Waals surface area (Å²) >= 11 is 0. The van der Waals surface area contributed by atoms with Gasteiger partial charge in [0.05, 0.1) is 18.8 Å². The van der Waals surface area contributed by atoms with Gasteiger partial charge in [-0.05, 0) is 30.4 Å². The highest BCUT2D eigenvalue weighted by Gasteiger charge is 2.20. The van der Waals surface area contributed by atoms with Crippen LogP contribution in [0.1, 0.15) is 38.3 Å². The quantitative estimate of drug-likeness (QED) is 0.436. The molecule has 6 nitrogen and oxygen atoms in total. The first-order valence-electron chi connectivity index (χ1n) is 8.57. The lowest BCUT2D eigenvalue weighted by Crippen LogP contribution is -2.47. The number of amides is 2.